The molecular formula is C23H22FN5O5S2. The summed E-state index contributed by atoms with van der Waals surface area (Å²) < 4.78 is 43.1. The summed E-state index contributed by atoms with van der Waals surface area (Å²) in [7, 11) is -0.0761. The van der Waals surface area contributed by atoms with Crippen LogP contribution in [-0.4, -0.2) is 46.3 Å². The van der Waals surface area contributed by atoms with Crippen LogP contribution in [0.1, 0.15) is 5.01 Å². The first kappa shape index (κ1) is 25.4. The van der Waals surface area contributed by atoms with Crippen LogP contribution in [0.5, 0.6) is 0 Å². The van der Waals surface area contributed by atoms with Crippen molar-refractivity contribution < 1.29 is 17.6 Å². The number of sulfonamides is 1. The van der Waals surface area contributed by atoms with Gasteiger partial charge in [0, 0.05) is 32.1 Å². The van der Waals surface area contributed by atoms with E-state index >= 15 is 0 Å². The van der Waals surface area contributed by atoms with E-state index in [9.17, 15) is 27.2 Å². The van der Waals surface area contributed by atoms with Crippen molar-refractivity contribution in [1.29, 1.82) is 0 Å². The summed E-state index contributed by atoms with van der Waals surface area (Å²) in [4.78, 5) is 41.2. The van der Waals surface area contributed by atoms with Gasteiger partial charge in [0.05, 0.1) is 34.6 Å². The van der Waals surface area contributed by atoms with Crippen molar-refractivity contribution in [2.45, 2.75) is 11.4 Å². The molecule has 188 valence electrons. The Morgan fingerprint density at radius 2 is 1.86 bits per heavy atom. The van der Waals surface area contributed by atoms with E-state index in [0.717, 1.165) is 8.87 Å². The molecule has 2 aromatic carbocycles. The minimum absolute atomic E-state index is 0.0475. The van der Waals surface area contributed by atoms with Gasteiger partial charge in [0.2, 0.25) is 15.9 Å². The molecule has 0 aliphatic carbocycles. The maximum atomic E-state index is 14.0. The first-order chi connectivity index (χ1) is 17.0. The molecule has 13 heteroatoms. The molecule has 0 bridgehead atoms. The van der Waals surface area contributed by atoms with Gasteiger partial charge in [-0.2, -0.15) is 4.31 Å². The molecule has 0 spiro atoms. The van der Waals surface area contributed by atoms with Crippen LogP contribution in [0.3, 0.4) is 0 Å². The van der Waals surface area contributed by atoms with Crippen LogP contribution in [-0.2, 0) is 35.5 Å². The third-order valence-electron chi connectivity index (χ3n) is 5.65. The summed E-state index contributed by atoms with van der Waals surface area (Å²) >= 11 is 1.24. The van der Waals surface area contributed by atoms with Crippen LogP contribution < -0.4 is 16.6 Å². The molecule has 2 heterocycles. The Hall–Kier alpha value is -3.68. The number of nitrogens with zero attached hydrogens (tertiary/aromatic N) is 4. The second-order valence-electron chi connectivity index (χ2n) is 8.03. The van der Waals surface area contributed by atoms with Crippen molar-refractivity contribution in [3.05, 3.63) is 79.5 Å². The predicted molar refractivity (Wildman–Crippen MR) is 134 cm³/mol. The molecule has 0 atom stereocenters. The van der Waals surface area contributed by atoms with Gasteiger partial charge in [-0.3, -0.25) is 18.7 Å². The Labute approximate surface area is 209 Å². The lowest BCUT2D eigenvalue weighted by Gasteiger charge is -2.17. The summed E-state index contributed by atoms with van der Waals surface area (Å²) in [6.45, 7) is -0.427. The Bertz CT molecular complexity index is 1710. The highest BCUT2D eigenvalue weighted by Gasteiger charge is 2.24. The van der Waals surface area contributed by atoms with Gasteiger partial charge >= 0.3 is 5.69 Å². The molecule has 0 aliphatic rings. The molecule has 4 rings (SSSR count). The SMILES string of the molecule is CN(CC(=O)NCc1nc(-c2ccccc2F)cs1)S(=O)(=O)c1ccc2c(c1)c(=O)n(C)c(=O)n2C. The van der Waals surface area contributed by atoms with Gasteiger partial charge < -0.3 is 5.32 Å². The summed E-state index contributed by atoms with van der Waals surface area (Å²) in [6, 6.07) is 10.1. The van der Waals surface area contributed by atoms with Crippen LogP contribution >= 0.6 is 11.3 Å². The van der Waals surface area contributed by atoms with Crippen molar-refractivity contribution >= 4 is 38.2 Å². The van der Waals surface area contributed by atoms with Gasteiger partial charge in [0.15, 0.2) is 0 Å². The normalized spacial score (nSPS) is 11.8. The van der Waals surface area contributed by atoms with E-state index < -0.39 is 39.5 Å². The number of thiazole rings is 1. The number of aryl methyl sites for hydroxylation is 1. The lowest BCUT2D eigenvalue weighted by Crippen LogP contribution is -2.38. The molecule has 36 heavy (non-hydrogen) atoms. The molecule has 0 radical (unpaired) electrons. The average Bonchev–Trinajstić information content (AvgIpc) is 3.33. The van der Waals surface area contributed by atoms with Gasteiger partial charge in [0.25, 0.3) is 5.56 Å². The highest BCUT2D eigenvalue weighted by atomic mass is 32.2. The molecule has 0 fully saturated rings. The topological polar surface area (TPSA) is 123 Å². The lowest BCUT2D eigenvalue weighted by atomic mass is 10.2. The van der Waals surface area contributed by atoms with E-state index in [4.69, 9.17) is 0 Å². The van der Waals surface area contributed by atoms with Crippen molar-refractivity contribution in [3.63, 3.8) is 0 Å². The van der Waals surface area contributed by atoms with Crippen molar-refractivity contribution in [2.24, 2.45) is 14.1 Å². The lowest BCUT2D eigenvalue weighted by molar-refractivity contribution is -0.121. The maximum absolute atomic E-state index is 14.0. The molecule has 1 amide bonds. The predicted octanol–water partition coefficient (Wildman–Crippen LogP) is 1.44. The van der Waals surface area contributed by atoms with E-state index in [1.807, 2.05) is 0 Å². The largest absolute Gasteiger partial charge is 0.348 e. The fraction of sp³-hybridized carbons (Fsp3) is 0.217. The highest BCUT2D eigenvalue weighted by molar-refractivity contribution is 7.89. The number of fused-ring (bicyclic) bond motifs is 1. The fourth-order valence-electron chi connectivity index (χ4n) is 3.62. The first-order valence-electron chi connectivity index (χ1n) is 10.6. The number of carbonyl (C=O) groups is 1. The zero-order valence-electron chi connectivity index (χ0n) is 19.6. The second-order valence-corrected chi connectivity index (χ2v) is 11.0. The van der Waals surface area contributed by atoms with Gasteiger partial charge in [0.1, 0.15) is 10.8 Å². The van der Waals surface area contributed by atoms with Gasteiger partial charge in [-0.25, -0.2) is 22.6 Å². The zero-order chi connectivity index (χ0) is 26.2. The first-order valence-corrected chi connectivity index (χ1v) is 12.9. The molecule has 1 N–H and O–H groups in total. The number of hydrogen-bond acceptors (Lipinski definition) is 7. The van der Waals surface area contributed by atoms with Gasteiger partial charge in [-0.15, -0.1) is 11.3 Å². The van der Waals surface area contributed by atoms with Crippen LogP contribution in [0.25, 0.3) is 22.2 Å². The van der Waals surface area contributed by atoms with Crippen molar-refractivity contribution in [3.8, 4) is 11.3 Å². The molecule has 2 aromatic heterocycles. The monoisotopic (exact) mass is 531 g/mol. The van der Waals surface area contributed by atoms with E-state index in [-0.39, 0.29) is 16.8 Å². The second kappa shape index (κ2) is 9.76. The molecule has 4 aromatic rings. The Kier molecular flexibility index (Phi) is 6.89. The Morgan fingerprint density at radius 3 is 2.58 bits per heavy atom. The third kappa shape index (κ3) is 4.72. The van der Waals surface area contributed by atoms with Crippen LogP contribution in [0.4, 0.5) is 4.39 Å². The van der Waals surface area contributed by atoms with E-state index in [0.29, 0.717) is 21.8 Å². The molecule has 0 unspecified atom stereocenters. The van der Waals surface area contributed by atoms with Gasteiger partial charge in [-0.05, 0) is 30.3 Å². The smallest absolute Gasteiger partial charge is 0.330 e. The van der Waals surface area contributed by atoms with E-state index in [1.54, 1.807) is 23.6 Å². The number of carbonyl (C=O) groups excluding carboxylic acids is 1. The van der Waals surface area contributed by atoms with E-state index in [1.165, 1.54) is 61.3 Å². The Balaban J connectivity index is 1.46. The molecule has 0 aliphatic heterocycles. The number of likely N-dealkylation sites (N-methyl/N-ethyl adjacent to an activating group) is 1. The zero-order valence-corrected chi connectivity index (χ0v) is 21.2. The van der Waals surface area contributed by atoms with Crippen molar-refractivity contribution in [2.75, 3.05) is 13.6 Å². The van der Waals surface area contributed by atoms with Crippen LogP contribution in [0, 0.1) is 5.82 Å². The standard InChI is InChI=1S/C23H22FN5O5S2/c1-27(12-20(30)25-11-21-26-18(13-35-21)15-6-4-5-7-17(15)24)36(33,34)14-8-9-19-16(10-14)22(31)29(3)23(32)28(19)2/h4-10,13H,11-12H2,1-3H3,(H,25,30). The minimum Gasteiger partial charge on any atom is -0.348 e. The molecule has 0 saturated heterocycles. The van der Waals surface area contributed by atoms with Gasteiger partial charge in [-0.1, -0.05) is 12.1 Å². The van der Waals surface area contributed by atoms with Crippen molar-refractivity contribution in [1.82, 2.24) is 23.7 Å². The minimum atomic E-state index is -4.12. The highest BCUT2D eigenvalue weighted by Crippen LogP contribution is 2.24. The number of hydrogen-bond donors (Lipinski definition) is 1. The third-order valence-corrected chi connectivity index (χ3v) is 8.30. The van der Waals surface area contributed by atoms with Crippen LogP contribution in [0.2, 0.25) is 0 Å². The maximum Gasteiger partial charge on any atom is 0.330 e. The quantitative estimate of drug-likeness (QED) is 0.385. The average molecular weight is 532 g/mol. The van der Waals surface area contributed by atoms with Crippen LogP contribution in [0.15, 0.2) is 62.3 Å². The molecule has 10 nitrogen and oxygen atoms in total. The molecular weight excluding hydrogens is 509 g/mol. The summed E-state index contributed by atoms with van der Waals surface area (Å²) in [5.74, 6) is -0.971. The number of halogens is 1. The summed E-state index contributed by atoms with van der Waals surface area (Å²) in [5, 5.41) is 4.88. The Morgan fingerprint density at radius 1 is 1.14 bits per heavy atom. The molecule has 0 saturated carbocycles. The summed E-state index contributed by atoms with van der Waals surface area (Å²) in [6.07, 6.45) is 0. The number of benzene rings is 2. The fourth-order valence-corrected chi connectivity index (χ4v) is 5.50. The summed E-state index contributed by atoms with van der Waals surface area (Å²) in [5.41, 5.74) is -0.0630. The number of rotatable bonds is 7. The number of aromatic nitrogens is 3. The number of nitrogens with one attached hydrogen (secondary N) is 1. The number of amides is 1. The van der Waals surface area contributed by atoms with E-state index in [2.05, 4.69) is 10.3 Å².